The third kappa shape index (κ3) is 5.30. The Morgan fingerprint density at radius 2 is 1.79 bits per heavy atom. The summed E-state index contributed by atoms with van der Waals surface area (Å²) in [5.41, 5.74) is 0.559. The molecule has 0 unspecified atom stereocenters. The molecule has 0 bridgehead atoms. The molecule has 1 heterocycles. The van der Waals surface area contributed by atoms with E-state index in [-0.39, 0.29) is 43.1 Å². The molecule has 2 N–H and O–H groups in total. The maximum Gasteiger partial charge on any atom is 0.387 e. The molecule has 4 rings (SSSR count). The largest absolute Gasteiger partial charge is 0.454 e. The van der Waals surface area contributed by atoms with Crippen molar-refractivity contribution in [2.45, 2.75) is 38.8 Å². The molecule has 2 saturated carbocycles. The van der Waals surface area contributed by atoms with Crippen LogP contribution in [0, 0.1) is 17.8 Å². The van der Waals surface area contributed by atoms with E-state index in [4.69, 9.17) is 9.47 Å². The Kier molecular flexibility index (Phi) is 7.05. The van der Waals surface area contributed by atoms with Crippen molar-refractivity contribution in [2.24, 2.45) is 22.7 Å². The van der Waals surface area contributed by atoms with E-state index < -0.39 is 6.61 Å². The van der Waals surface area contributed by atoms with E-state index in [2.05, 4.69) is 20.4 Å². The van der Waals surface area contributed by atoms with E-state index in [1.54, 1.807) is 13.1 Å². The summed E-state index contributed by atoms with van der Waals surface area (Å²) in [7, 11) is 1.70. The molecular formula is C19H26F2IN3O3. The van der Waals surface area contributed by atoms with Crippen molar-refractivity contribution >= 4 is 29.9 Å². The lowest BCUT2D eigenvalue weighted by molar-refractivity contribution is -0.0505. The van der Waals surface area contributed by atoms with E-state index in [0.29, 0.717) is 28.9 Å². The topological polar surface area (TPSA) is 64.1 Å². The average Bonchev–Trinajstić information content (AvgIpc) is 3.57. The smallest absolute Gasteiger partial charge is 0.387 e. The highest BCUT2D eigenvalue weighted by atomic mass is 127. The second kappa shape index (κ2) is 9.32. The molecular weight excluding hydrogens is 483 g/mol. The van der Waals surface area contributed by atoms with Crippen LogP contribution in [-0.2, 0) is 6.54 Å². The van der Waals surface area contributed by atoms with Crippen LogP contribution in [0.15, 0.2) is 17.1 Å². The number of nitrogens with one attached hydrogen (secondary N) is 2. The predicted molar refractivity (Wildman–Crippen MR) is 112 cm³/mol. The molecule has 0 spiro atoms. The Balaban J connectivity index is 0.00000225. The van der Waals surface area contributed by atoms with Crippen LogP contribution < -0.4 is 24.8 Å². The zero-order valence-corrected chi connectivity index (χ0v) is 18.1. The first-order valence-corrected chi connectivity index (χ1v) is 9.46. The second-order valence-corrected chi connectivity index (χ2v) is 7.34. The SMILES string of the molecule is CN=C(NCc1cc2c(cc1OC(F)F)OCO2)NCC(C1CC1)C1CC1.I. The number of hydrogen-bond donors (Lipinski definition) is 2. The number of alkyl halides is 2. The highest BCUT2D eigenvalue weighted by Crippen LogP contribution is 2.48. The standard InChI is InChI=1S/C19H25F2N3O3.HI/c1-22-19(24-9-14(11-2-3-11)12-4-5-12)23-8-13-6-16-17(26-10-25-16)7-15(13)27-18(20)21;/h6-7,11-12,14,18H,2-5,8-10H2,1H3,(H2,22,23,24);1H. The van der Waals surface area contributed by atoms with E-state index >= 15 is 0 Å². The average molecular weight is 509 g/mol. The van der Waals surface area contributed by atoms with Gasteiger partial charge in [0.15, 0.2) is 17.5 Å². The minimum atomic E-state index is -2.90. The van der Waals surface area contributed by atoms with Crippen molar-refractivity contribution in [1.82, 2.24) is 10.6 Å². The maximum atomic E-state index is 12.7. The third-order valence-electron chi connectivity index (χ3n) is 5.40. The number of nitrogens with zero attached hydrogens (tertiary/aromatic N) is 1. The van der Waals surface area contributed by atoms with Crippen molar-refractivity contribution < 1.29 is 23.0 Å². The van der Waals surface area contributed by atoms with Crippen LogP contribution in [-0.4, -0.2) is 33.0 Å². The molecule has 1 aromatic carbocycles. The van der Waals surface area contributed by atoms with Gasteiger partial charge in [0.2, 0.25) is 6.79 Å². The van der Waals surface area contributed by atoms with Crippen molar-refractivity contribution in [3.8, 4) is 17.2 Å². The fraction of sp³-hybridized carbons (Fsp3) is 0.632. The molecule has 0 radical (unpaired) electrons. The zero-order chi connectivity index (χ0) is 18.8. The summed E-state index contributed by atoms with van der Waals surface area (Å²) in [6.07, 6.45) is 5.33. The van der Waals surface area contributed by atoms with Crippen molar-refractivity contribution in [3.63, 3.8) is 0 Å². The highest BCUT2D eigenvalue weighted by molar-refractivity contribution is 14.0. The van der Waals surface area contributed by atoms with Gasteiger partial charge >= 0.3 is 6.61 Å². The summed E-state index contributed by atoms with van der Waals surface area (Å²) in [6.45, 7) is -1.64. The van der Waals surface area contributed by atoms with Crippen LogP contribution in [0.5, 0.6) is 17.2 Å². The van der Waals surface area contributed by atoms with Gasteiger partial charge in [0.05, 0.1) is 0 Å². The van der Waals surface area contributed by atoms with Gasteiger partial charge in [-0.25, -0.2) is 0 Å². The van der Waals surface area contributed by atoms with Crippen LogP contribution in [0.25, 0.3) is 0 Å². The first-order valence-electron chi connectivity index (χ1n) is 9.46. The molecule has 28 heavy (non-hydrogen) atoms. The first-order chi connectivity index (χ1) is 13.1. The van der Waals surface area contributed by atoms with Gasteiger partial charge in [-0.1, -0.05) is 0 Å². The molecule has 0 atom stereocenters. The van der Waals surface area contributed by atoms with Gasteiger partial charge < -0.3 is 24.8 Å². The number of hydrogen-bond acceptors (Lipinski definition) is 4. The molecule has 1 aliphatic heterocycles. The molecule has 2 fully saturated rings. The van der Waals surface area contributed by atoms with E-state index in [1.807, 2.05) is 0 Å². The summed E-state index contributed by atoms with van der Waals surface area (Å²) in [5, 5.41) is 6.57. The number of benzene rings is 1. The van der Waals surface area contributed by atoms with E-state index in [0.717, 1.165) is 18.4 Å². The molecule has 1 aromatic rings. The number of aliphatic imine (C=N–C) groups is 1. The minimum absolute atomic E-state index is 0. The lowest BCUT2D eigenvalue weighted by Gasteiger charge is -2.19. The first kappa shape index (κ1) is 21.2. The van der Waals surface area contributed by atoms with Gasteiger partial charge in [-0.3, -0.25) is 4.99 Å². The molecule has 0 aromatic heterocycles. The molecule has 0 amide bonds. The number of rotatable bonds is 8. The maximum absolute atomic E-state index is 12.7. The van der Waals surface area contributed by atoms with Gasteiger partial charge in [0.1, 0.15) is 5.75 Å². The van der Waals surface area contributed by atoms with Gasteiger partial charge in [0.25, 0.3) is 0 Å². The van der Waals surface area contributed by atoms with E-state index in [9.17, 15) is 8.78 Å². The summed E-state index contributed by atoms with van der Waals surface area (Å²) < 4.78 is 40.7. The van der Waals surface area contributed by atoms with Crippen LogP contribution in [0.1, 0.15) is 31.2 Å². The van der Waals surface area contributed by atoms with Crippen LogP contribution >= 0.6 is 24.0 Å². The van der Waals surface area contributed by atoms with Crippen LogP contribution in [0.4, 0.5) is 8.78 Å². The second-order valence-electron chi connectivity index (χ2n) is 7.34. The fourth-order valence-electron chi connectivity index (χ4n) is 3.69. The minimum Gasteiger partial charge on any atom is -0.454 e. The Bertz CT molecular complexity index is 700. The monoisotopic (exact) mass is 509 g/mol. The van der Waals surface area contributed by atoms with Gasteiger partial charge in [-0.2, -0.15) is 8.78 Å². The van der Waals surface area contributed by atoms with Crippen LogP contribution in [0.2, 0.25) is 0 Å². The Labute approximate surface area is 180 Å². The molecule has 0 saturated heterocycles. The molecule has 6 nitrogen and oxygen atoms in total. The Hall–Kier alpha value is -1.52. The van der Waals surface area contributed by atoms with Gasteiger partial charge in [0, 0.05) is 31.8 Å². The molecule has 3 aliphatic rings. The number of halogens is 3. The summed E-state index contributed by atoms with van der Waals surface area (Å²) in [5.74, 6) is 4.08. The quantitative estimate of drug-likeness (QED) is 0.318. The molecule has 2 aliphatic carbocycles. The van der Waals surface area contributed by atoms with Crippen molar-refractivity contribution in [3.05, 3.63) is 17.7 Å². The Morgan fingerprint density at radius 1 is 1.14 bits per heavy atom. The van der Waals surface area contributed by atoms with Crippen molar-refractivity contribution in [2.75, 3.05) is 20.4 Å². The van der Waals surface area contributed by atoms with Crippen molar-refractivity contribution in [1.29, 1.82) is 0 Å². The highest BCUT2D eigenvalue weighted by Gasteiger charge is 2.41. The fourth-order valence-corrected chi connectivity index (χ4v) is 3.69. The third-order valence-corrected chi connectivity index (χ3v) is 5.40. The number of fused-ring (bicyclic) bond motifs is 1. The lowest BCUT2D eigenvalue weighted by Crippen LogP contribution is -2.40. The zero-order valence-electron chi connectivity index (χ0n) is 15.7. The summed E-state index contributed by atoms with van der Waals surface area (Å²) in [6, 6.07) is 3.11. The van der Waals surface area contributed by atoms with Gasteiger partial charge in [-0.15, -0.1) is 24.0 Å². The predicted octanol–water partition coefficient (Wildman–Crippen LogP) is 3.74. The van der Waals surface area contributed by atoms with Gasteiger partial charge in [-0.05, 0) is 49.5 Å². The van der Waals surface area contributed by atoms with E-state index in [1.165, 1.54) is 31.7 Å². The molecule has 156 valence electrons. The number of ether oxygens (including phenoxy) is 3. The summed E-state index contributed by atoms with van der Waals surface area (Å²) >= 11 is 0. The summed E-state index contributed by atoms with van der Waals surface area (Å²) in [4.78, 5) is 4.25. The van der Waals surface area contributed by atoms with Crippen LogP contribution in [0.3, 0.4) is 0 Å². The normalized spacial score (nSPS) is 18.2. The lowest BCUT2D eigenvalue weighted by atomic mass is 9.98. The Morgan fingerprint density at radius 3 is 2.36 bits per heavy atom. The molecule has 9 heteroatoms. The number of guanidine groups is 1.